The summed E-state index contributed by atoms with van der Waals surface area (Å²) in [6.45, 7) is 4.31. The molecule has 2 aliphatic rings. The third kappa shape index (κ3) is 7.21. The number of esters is 1. The number of benzene rings is 2. The van der Waals surface area contributed by atoms with Crippen LogP contribution < -0.4 is 15.4 Å². The Labute approximate surface area is 257 Å². The molecule has 1 saturated carbocycles. The van der Waals surface area contributed by atoms with Gasteiger partial charge in [0.1, 0.15) is 5.75 Å². The van der Waals surface area contributed by atoms with Gasteiger partial charge in [-0.1, -0.05) is 49.2 Å². The largest absolute Gasteiger partial charge is 0.493 e. The molecule has 2 fully saturated rings. The standard InChI is InChI=1S/C33H41N5O6/c1-3-43-33(41)36-27-14-7-8-15-28(27)38-22-35-29(30(38)23-10-5-4-6-11-23)31(39)37-18-17-34-21-25(37)16-19-44-26-13-9-12-24(20-26)32(40)42-2/h4-6,9-13,20,22,25,27-28,34H,3,7-8,14-19,21H2,1-2H3,(H,36,41)/t25-,27+,28+/m1/s1. The minimum absolute atomic E-state index is 0.0645. The smallest absolute Gasteiger partial charge is 0.407 e. The van der Waals surface area contributed by atoms with E-state index in [1.54, 1.807) is 37.5 Å². The van der Waals surface area contributed by atoms with E-state index in [9.17, 15) is 14.4 Å². The zero-order valence-electron chi connectivity index (χ0n) is 25.4. The molecule has 11 nitrogen and oxygen atoms in total. The average Bonchev–Trinajstić information content (AvgIpc) is 3.50. The molecule has 0 spiro atoms. The van der Waals surface area contributed by atoms with Crippen LogP contribution in [0.2, 0.25) is 0 Å². The number of rotatable bonds is 10. The molecule has 3 aromatic rings. The minimum Gasteiger partial charge on any atom is -0.493 e. The van der Waals surface area contributed by atoms with Crippen molar-refractivity contribution in [2.45, 2.75) is 57.2 Å². The highest BCUT2D eigenvalue weighted by atomic mass is 16.5. The maximum Gasteiger partial charge on any atom is 0.407 e. The van der Waals surface area contributed by atoms with Crippen LogP contribution in [-0.4, -0.2) is 84.5 Å². The van der Waals surface area contributed by atoms with Crippen LogP contribution in [0.25, 0.3) is 11.3 Å². The summed E-state index contributed by atoms with van der Waals surface area (Å²) >= 11 is 0. The van der Waals surface area contributed by atoms with Gasteiger partial charge in [-0.25, -0.2) is 14.6 Å². The fraction of sp³-hybridized carbons (Fsp3) is 0.455. The van der Waals surface area contributed by atoms with Crippen molar-refractivity contribution in [3.05, 3.63) is 72.2 Å². The summed E-state index contributed by atoms with van der Waals surface area (Å²) in [5.74, 6) is 0.0131. The van der Waals surface area contributed by atoms with Crippen LogP contribution >= 0.6 is 0 Å². The summed E-state index contributed by atoms with van der Waals surface area (Å²) in [4.78, 5) is 45.2. The van der Waals surface area contributed by atoms with Gasteiger partial charge in [-0.05, 0) is 38.0 Å². The van der Waals surface area contributed by atoms with E-state index in [4.69, 9.17) is 19.2 Å². The lowest BCUT2D eigenvalue weighted by atomic mass is 9.89. The second kappa shape index (κ2) is 14.9. The number of hydrogen-bond acceptors (Lipinski definition) is 8. The Bertz CT molecular complexity index is 1430. The van der Waals surface area contributed by atoms with E-state index in [2.05, 4.69) is 15.2 Å². The number of nitrogens with zero attached hydrogens (tertiary/aromatic N) is 3. The molecule has 2 aromatic carbocycles. The highest BCUT2D eigenvalue weighted by molar-refractivity contribution is 5.98. The molecule has 3 atom stereocenters. The SMILES string of the molecule is CCOC(=O)N[C@H]1CCCC[C@@H]1n1cnc(C(=O)N2CCNC[C@H]2CCOc2cccc(C(=O)OC)c2)c1-c1ccccc1. The Morgan fingerprint density at radius 2 is 1.89 bits per heavy atom. The van der Waals surface area contributed by atoms with Crippen molar-refractivity contribution in [3.63, 3.8) is 0 Å². The Morgan fingerprint density at radius 1 is 1.07 bits per heavy atom. The number of carbonyl (C=O) groups excluding carboxylic acids is 3. The molecule has 1 saturated heterocycles. The summed E-state index contributed by atoms with van der Waals surface area (Å²) in [7, 11) is 1.34. The third-order valence-corrected chi connectivity index (χ3v) is 8.30. The number of nitrogens with one attached hydrogen (secondary N) is 2. The number of ether oxygens (including phenoxy) is 3. The van der Waals surface area contributed by atoms with E-state index in [1.807, 2.05) is 35.2 Å². The number of alkyl carbamates (subject to hydrolysis) is 1. The number of methoxy groups -OCH3 is 1. The molecule has 5 rings (SSSR count). The van der Waals surface area contributed by atoms with Crippen molar-refractivity contribution in [3.8, 4) is 17.0 Å². The number of piperazine rings is 1. The van der Waals surface area contributed by atoms with E-state index in [1.165, 1.54) is 7.11 Å². The molecular formula is C33H41N5O6. The van der Waals surface area contributed by atoms with Crippen molar-refractivity contribution in [1.29, 1.82) is 0 Å². The summed E-state index contributed by atoms with van der Waals surface area (Å²) in [5, 5.41) is 6.45. The molecular weight excluding hydrogens is 562 g/mol. The molecule has 0 radical (unpaired) electrons. The molecule has 44 heavy (non-hydrogen) atoms. The van der Waals surface area contributed by atoms with Crippen LogP contribution in [0.5, 0.6) is 5.75 Å². The lowest BCUT2D eigenvalue weighted by molar-refractivity contribution is 0.0588. The minimum atomic E-state index is -0.426. The van der Waals surface area contributed by atoms with Crippen LogP contribution in [0.3, 0.4) is 0 Å². The second-order valence-corrected chi connectivity index (χ2v) is 11.1. The molecule has 0 bridgehead atoms. The highest BCUT2D eigenvalue weighted by Gasteiger charge is 2.35. The Balaban J connectivity index is 1.37. The lowest BCUT2D eigenvalue weighted by Gasteiger charge is -2.36. The predicted octanol–water partition coefficient (Wildman–Crippen LogP) is 4.45. The van der Waals surface area contributed by atoms with Crippen LogP contribution in [0.15, 0.2) is 60.9 Å². The van der Waals surface area contributed by atoms with Crippen LogP contribution in [0.1, 0.15) is 65.9 Å². The Kier molecular flexibility index (Phi) is 10.5. The second-order valence-electron chi connectivity index (χ2n) is 11.1. The van der Waals surface area contributed by atoms with Gasteiger partial charge < -0.3 is 34.3 Å². The zero-order chi connectivity index (χ0) is 30.9. The van der Waals surface area contributed by atoms with Crippen molar-refractivity contribution in [1.82, 2.24) is 25.1 Å². The lowest BCUT2D eigenvalue weighted by Crippen LogP contribution is -2.54. The first-order valence-corrected chi connectivity index (χ1v) is 15.4. The number of carbonyl (C=O) groups is 3. The van der Waals surface area contributed by atoms with Crippen molar-refractivity contribution < 1.29 is 28.6 Å². The van der Waals surface area contributed by atoms with E-state index in [0.29, 0.717) is 56.3 Å². The van der Waals surface area contributed by atoms with Crippen LogP contribution in [0, 0.1) is 0 Å². The van der Waals surface area contributed by atoms with Gasteiger partial charge in [-0.3, -0.25) is 4.79 Å². The van der Waals surface area contributed by atoms with Crippen LogP contribution in [0.4, 0.5) is 4.79 Å². The summed E-state index contributed by atoms with van der Waals surface area (Å²) < 4.78 is 18.1. The number of amides is 2. The quantitative estimate of drug-likeness (QED) is 0.326. The van der Waals surface area contributed by atoms with Gasteiger partial charge in [0.25, 0.3) is 5.91 Å². The van der Waals surface area contributed by atoms with Gasteiger partial charge in [0.15, 0.2) is 5.69 Å². The first kappa shape index (κ1) is 31.1. The highest BCUT2D eigenvalue weighted by Crippen LogP contribution is 2.35. The first-order chi connectivity index (χ1) is 21.5. The van der Waals surface area contributed by atoms with E-state index in [-0.39, 0.29) is 24.0 Å². The van der Waals surface area contributed by atoms with E-state index < -0.39 is 12.1 Å². The van der Waals surface area contributed by atoms with Gasteiger partial charge >= 0.3 is 12.1 Å². The van der Waals surface area contributed by atoms with Gasteiger partial charge in [0.2, 0.25) is 0 Å². The molecule has 1 aliphatic carbocycles. The summed E-state index contributed by atoms with van der Waals surface area (Å²) in [5.41, 5.74) is 2.47. The maximum atomic E-state index is 14.3. The topological polar surface area (TPSA) is 124 Å². The number of imidazole rings is 1. The molecule has 11 heteroatoms. The molecule has 2 N–H and O–H groups in total. The van der Waals surface area contributed by atoms with Gasteiger partial charge in [-0.15, -0.1) is 0 Å². The summed E-state index contributed by atoms with van der Waals surface area (Å²) in [6.07, 6.45) is 5.62. The molecule has 0 unspecified atom stereocenters. The van der Waals surface area contributed by atoms with E-state index in [0.717, 1.165) is 36.9 Å². The average molecular weight is 604 g/mol. The molecule has 2 amide bonds. The Hall–Kier alpha value is -4.38. The normalized spacial score (nSPS) is 20.0. The van der Waals surface area contributed by atoms with Gasteiger partial charge in [0.05, 0.1) is 50.0 Å². The molecule has 234 valence electrons. The fourth-order valence-corrected chi connectivity index (χ4v) is 6.15. The molecule has 1 aliphatic heterocycles. The fourth-order valence-electron chi connectivity index (χ4n) is 6.15. The van der Waals surface area contributed by atoms with Gasteiger partial charge in [0, 0.05) is 37.7 Å². The maximum absolute atomic E-state index is 14.3. The van der Waals surface area contributed by atoms with E-state index >= 15 is 0 Å². The van der Waals surface area contributed by atoms with Crippen LogP contribution in [-0.2, 0) is 9.47 Å². The number of hydrogen-bond donors (Lipinski definition) is 2. The van der Waals surface area contributed by atoms with Crippen molar-refractivity contribution >= 4 is 18.0 Å². The molecule has 1 aromatic heterocycles. The Morgan fingerprint density at radius 3 is 2.68 bits per heavy atom. The number of aromatic nitrogens is 2. The summed E-state index contributed by atoms with van der Waals surface area (Å²) in [6, 6.07) is 16.4. The van der Waals surface area contributed by atoms with Crippen molar-refractivity contribution in [2.24, 2.45) is 0 Å². The third-order valence-electron chi connectivity index (χ3n) is 8.30. The zero-order valence-corrected chi connectivity index (χ0v) is 25.4. The first-order valence-electron chi connectivity index (χ1n) is 15.4. The van der Waals surface area contributed by atoms with Gasteiger partial charge in [-0.2, -0.15) is 0 Å². The monoisotopic (exact) mass is 603 g/mol. The van der Waals surface area contributed by atoms with Crippen molar-refractivity contribution in [2.75, 3.05) is 40.0 Å². The predicted molar refractivity (Wildman–Crippen MR) is 165 cm³/mol. The molecule has 2 heterocycles.